The molecule has 2 atom stereocenters. The molecule has 0 saturated heterocycles. The lowest BCUT2D eigenvalue weighted by molar-refractivity contribution is 0.769. The number of hydrogen-bond acceptors (Lipinski definition) is 3. The van der Waals surface area contributed by atoms with E-state index in [1.807, 2.05) is 0 Å². The summed E-state index contributed by atoms with van der Waals surface area (Å²) in [6.45, 7) is 0. The Morgan fingerprint density at radius 2 is 0.826 bits per heavy atom. The molecule has 434 valence electrons. The van der Waals surface area contributed by atoms with E-state index in [9.17, 15) is 0 Å². The summed E-state index contributed by atoms with van der Waals surface area (Å²) in [6.07, 6.45) is 3.42. The summed E-state index contributed by atoms with van der Waals surface area (Å²) in [7, 11) is 0. The SMILES string of the molecule is c1ccc(-c2c(-c3ccc(N(c4ccccc4)c4ccc(C5CC5c5cc6ccccc6c6c(-c7ccc8c(c7)C(c7ccccc7)(c7ccccc7)c7ccccc7-8)c(-c7ccc8ccccc8c7)nn56)cc4)cc3)nn3c(C4CC4)cc4ccccc4c23)cc1. The zero-order valence-electron chi connectivity index (χ0n) is 50.6. The zero-order chi connectivity index (χ0) is 60.4. The number of aromatic nitrogens is 4. The number of fused-ring (bicyclic) bond motifs is 10. The number of para-hydroxylation sites is 1. The average Bonchev–Trinajstić information content (AvgIpc) is 1.54. The third-order valence-electron chi connectivity index (χ3n) is 20.3. The van der Waals surface area contributed by atoms with Crippen LogP contribution in [-0.4, -0.2) is 19.2 Å². The largest absolute Gasteiger partial charge is 0.311 e. The molecule has 5 heteroatoms. The van der Waals surface area contributed by atoms with Crippen molar-refractivity contribution in [2.45, 2.75) is 42.4 Å². The predicted molar refractivity (Wildman–Crippen MR) is 379 cm³/mol. The molecule has 0 N–H and O–H groups in total. The predicted octanol–water partition coefficient (Wildman–Crippen LogP) is 22.1. The van der Waals surface area contributed by atoms with Crippen LogP contribution < -0.4 is 4.90 Å². The van der Waals surface area contributed by atoms with Gasteiger partial charge >= 0.3 is 0 Å². The lowest BCUT2D eigenvalue weighted by atomic mass is 9.67. The Morgan fingerprint density at radius 1 is 0.337 bits per heavy atom. The van der Waals surface area contributed by atoms with Crippen molar-refractivity contribution >= 4 is 60.4 Å². The summed E-state index contributed by atoms with van der Waals surface area (Å²) >= 11 is 0. The molecular formula is C87H61N5. The highest BCUT2D eigenvalue weighted by molar-refractivity contribution is 6.10. The van der Waals surface area contributed by atoms with Crippen molar-refractivity contribution in [3.8, 4) is 55.9 Å². The molecular weight excluding hydrogens is 1110 g/mol. The van der Waals surface area contributed by atoms with E-state index in [0.717, 1.165) is 62.6 Å². The van der Waals surface area contributed by atoms with Crippen molar-refractivity contribution in [3.05, 3.63) is 355 Å². The maximum Gasteiger partial charge on any atom is 0.101 e. The van der Waals surface area contributed by atoms with Gasteiger partial charge in [0, 0.05) is 73.3 Å². The first kappa shape index (κ1) is 52.5. The van der Waals surface area contributed by atoms with Crippen LogP contribution in [0, 0.1) is 0 Å². The summed E-state index contributed by atoms with van der Waals surface area (Å²) < 4.78 is 4.61. The lowest BCUT2D eigenvalue weighted by Crippen LogP contribution is -2.28. The number of hydrogen-bond donors (Lipinski definition) is 0. The molecule has 12 aromatic carbocycles. The molecule has 2 saturated carbocycles. The van der Waals surface area contributed by atoms with Crippen LogP contribution in [0.15, 0.2) is 315 Å². The molecule has 16 aromatic rings. The Labute approximate surface area is 534 Å². The van der Waals surface area contributed by atoms with E-state index in [0.29, 0.717) is 11.8 Å². The molecule has 2 unspecified atom stereocenters. The monoisotopic (exact) mass is 1180 g/mol. The summed E-state index contributed by atoms with van der Waals surface area (Å²) in [6, 6.07) is 117. The van der Waals surface area contributed by atoms with E-state index in [-0.39, 0.29) is 5.92 Å². The van der Waals surface area contributed by atoms with Gasteiger partial charge in [-0.15, -0.1) is 0 Å². The van der Waals surface area contributed by atoms with Gasteiger partial charge in [-0.05, 0) is 157 Å². The maximum atomic E-state index is 5.88. The maximum absolute atomic E-state index is 5.88. The van der Waals surface area contributed by atoms with Gasteiger partial charge in [0.25, 0.3) is 0 Å². The summed E-state index contributed by atoms with van der Waals surface area (Å²) in [5.74, 6) is 1.09. The number of anilines is 3. The zero-order valence-corrected chi connectivity index (χ0v) is 50.6. The van der Waals surface area contributed by atoms with Crippen LogP contribution in [0.25, 0.3) is 99.2 Å². The molecule has 0 radical (unpaired) electrons. The minimum atomic E-state index is -0.552. The Bertz CT molecular complexity index is 5510. The van der Waals surface area contributed by atoms with E-state index in [4.69, 9.17) is 10.2 Å². The van der Waals surface area contributed by atoms with Gasteiger partial charge in [-0.3, -0.25) is 0 Å². The molecule has 0 bridgehead atoms. The first-order valence-corrected chi connectivity index (χ1v) is 32.5. The van der Waals surface area contributed by atoms with Crippen LogP contribution in [0.2, 0.25) is 0 Å². The lowest BCUT2D eigenvalue weighted by Gasteiger charge is -2.34. The second kappa shape index (κ2) is 20.8. The van der Waals surface area contributed by atoms with Crippen LogP contribution in [-0.2, 0) is 5.41 Å². The van der Waals surface area contributed by atoms with Gasteiger partial charge in [-0.2, -0.15) is 10.2 Å². The summed E-state index contributed by atoms with van der Waals surface area (Å²) in [5, 5.41) is 18.7. The van der Waals surface area contributed by atoms with E-state index < -0.39 is 5.41 Å². The van der Waals surface area contributed by atoms with Gasteiger partial charge in [0.2, 0.25) is 0 Å². The highest BCUT2D eigenvalue weighted by Gasteiger charge is 2.47. The normalized spacial score (nSPS) is 15.5. The quantitative estimate of drug-likeness (QED) is 0.122. The fourth-order valence-electron chi connectivity index (χ4n) is 15.8. The third kappa shape index (κ3) is 8.24. The molecule has 0 aliphatic heterocycles. The highest BCUT2D eigenvalue weighted by atomic mass is 15.2. The van der Waals surface area contributed by atoms with Crippen LogP contribution in [0.4, 0.5) is 17.1 Å². The van der Waals surface area contributed by atoms with Crippen molar-refractivity contribution in [2.24, 2.45) is 0 Å². The van der Waals surface area contributed by atoms with Gasteiger partial charge in [-0.25, -0.2) is 9.03 Å². The Kier molecular flexibility index (Phi) is 11.9. The fraction of sp³-hybridized carbons (Fsp3) is 0.0805. The number of pyridine rings is 2. The minimum absolute atomic E-state index is 0.250. The third-order valence-corrected chi connectivity index (χ3v) is 20.3. The van der Waals surface area contributed by atoms with Crippen molar-refractivity contribution in [1.29, 1.82) is 0 Å². The second-order valence-electron chi connectivity index (χ2n) is 25.5. The summed E-state index contributed by atoms with van der Waals surface area (Å²) in [5.41, 5.74) is 25.4. The van der Waals surface area contributed by atoms with Gasteiger partial charge < -0.3 is 4.90 Å². The van der Waals surface area contributed by atoms with Gasteiger partial charge in [0.15, 0.2) is 0 Å². The molecule has 3 aliphatic rings. The molecule has 4 aromatic heterocycles. The second-order valence-corrected chi connectivity index (χ2v) is 25.5. The number of nitrogens with zero attached hydrogens (tertiary/aromatic N) is 5. The fourth-order valence-corrected chi connectivity index (χ4v) is 15.8. The van der Waals surface area contributed by atoms with Crippen LogP contribution in [0.1, 0.15) is 76.2 Å². The molecule has 0 amide bonds. The van der Waals surface area contributed by atoms with E-state index in [2.05, 4.69) is 329 Å². The van der Waals surface area contributed by atoms with Crippen molar-refractivity contribution in [2.75, 3.05) is 4.90 Å². The molecule has 4 heterocycles. The smallest absolute Gasteiger partial charge is 0.101 e. The highest BCUT2D eigenvalue weighted by Crippen LogP contribution is 2.59. The van der Waals surface area contributed by atoms with Crippen LogP contribution in [0.5, 0.6) is 0 Å². The Hall–Kier alpha value is -11.4. The molecule has 0 spiro atoms. The van der Waals surface area contributed by atoms with Gasteiger partial charge in [-0.1, -0.05) is 255 Å². The van der Waals surface area contributed by atoms with Crippen molar-refractivity contribution in [3.63, 3.8) is 0 Å². The average molecular weight is 1180 g/mol. The molecule has 3 aliphatic carbocycles. The number of benzene rings is 12. The van der Waals surface area contributed by atoms with Gasteiger partial charge in [0.05, 0.1) is 16.4 Å². The molecule has 19 rings (SSSR count). The van der Waals surface area contributed by atoms with Crippen LogP contribution >= 0.6 is 0 Å². The van der Waals surface area contributed by atoms with Gasteiger partial charge in [0.1, 0.15) is 11.4 Å². The van der Waals surface area contributed by atoms with Crippen LogP contribution in [0.3, 0.4) is 0 Å². The van der Waals surface area contributed by atoms with E-state index in [1.54, 1.807) is 0 Å². The topological polar surface area (TPSA) is 37.8 Å². The molecule has 2 fully saturated rings. The first-order valence-electron chi connectivity index (χ1n) is 32.5. The Balaban J connectivity index is 0.722. The molecule has 92 heavy (non-hydrogen) atoms. The van der Waals surface area contributed by atoms with E-state index in [1.165, 1.54) is 112 Å². The minimum Gasteiger partial charge on any atom is -0.311 e. The first-order chi connectivity index (χ1) is 45.6. The Morgan fingerprint density at radius 3 is 1.49 bits per heavy atom. The van der Waals surface area contributed by atoms with Crippen molar-refractivity contribution in [1.82, 2.24) is 19.2 Å². The van der Waals surface area contributed by atoms with E-state index >= 15 is 0 Å². The molecule has 5 nitrogen and oxygen atoms in total. The number of rotatable bonds is 12. The van der Waals surface area contributed by atoms with Crippen molar-refractivity contribution < 1.29 is 0 Å². The standard InChI is InChI=1S/C87H61N5/c1-5-22-59(23-6-1)81-83(88-91-79(58-38-39-58)53-62-25-15-17-33-71(62)85(81)91)60-43-48-70(49-44-60)90(68-31-11-4-12-32-68)69-46-41-57(42-47-69)75-55-76(75)80-54-63-26-16-18-34-72(63)86-82(84(89-92(80)86)65-40-37-56-21-13-14-24-61(56)51-65)64-45-50-74-73-35-19-20-36-77(73)87(78(74)52-64,66-27-7-2-8-28-66)67-29-9-3-10-30-67/h1-37,40-54,58,75-76H,38-39,55H2. The summed E-state index contributed by atoms with van der Waals surface area (Å²) in [4.78, 5) is 2.38.